The molecule has 0 bridgehead atoms. The van der Waals surface area contributed by atoms with Crippen LogP contribution in [0.5, 0.6) is 5.75 Å². The molecule has 0 unspecified atom stereocenters. The van der Waals surface area contributed by atoms with Crippen LogP contribution in [0.25, 0.3) is 0 Å². The smallest absolute Gasteiger partial charge is 0.449 e. The normalized spacial score (nSPS) is 11.6. The van der Waals surface area contributed by atoms with Gasteiger partial charge in [-0.05, 0) is 59.5 Å². The summed E-state index contributed by atoms with van der Waals surface area (Å²) in [5.41, 5.74) is 2.83. The third-order valence-corrected chi connectivity index (χ3v) is 7.20. The van der Waals surface area contributed by atoms with Crippen LogP contribution in [0.3, 0.4) is 0 Å². The van der Waals surface area contributed by atoms with E-state index in [1.807, 2.05) is 24.3 Å². The zero-order valence-electron chi connectivity index (χ0n) is 19.3. The van der Waals surface area contributed by atoms with Crippen molar-refractivity contribution in [3.63, 3.8) is 0 Å². The molecule has 0 N–H and O–H groups in total. The second-order valence-corrected chi connectivity index (χ2v) is 10.9. The molecule has 0 saturated heterocycles. The van der Waals surface area contributed by atoms with Gasteiger partial charge in [0, 0.05) is 26.9 Å². The molecule has 0 saturated carbocycles. The lowest BCUT2D eigenvalue weighted by molar-refractivity contribution is -0.171. The number of aryl methyl sites for hydroxylation is 1. The van der Waals surface area contributed by atoms with Crippen LogP contribution in [0.1, 0.15) is 29.2 Å². The molecule has 3 nitrogen and oxygen atoms in total. The first-order valence-corrected chi connectivity index (χ1v) is 14.0. The summed E-state index contributed by atoms with van der Waals surface area (Å²) in [7, 11) is 0. The van der Waals surface area contributed by atoms with Crippen molar-refractivity contribution in [1.29, 1.82) is 0 Å². The van der Waals surface area contributed by atoms with Crippen LogP contribution >= 0.6 is 43.6 Å². The highest BCUT2D eigenvalue weighted by atomic mass is 79.9. The molecular weight excluding hydrogens is 621 g/mol. The van der Waals surface area contributed by atoms with E-state index in [1.54, 1.807) is 36.0 Å². The van der Waals surface area contributed by atoms with Gasteiger partial charge >= 0.3 is 6.18 Å². The second-order valence-electron chi connectivity index (χ2n) is 7.88. The van der Waals surface area contributed by atoms with Crippen LogP contribution in [0.15, 0.2) is 81.7 Å². The molecule has 192 valence electrons. The number of Topliss-reactive ketones (excluding diaryl/α,β-unsaturated/α-hetero) is 1. The summed E-state index contributed by atoms with van der Waals surface area (Å²) in [6, 6.07) is 23.0. The SMILES string of the molecule is O=C(CCc1ccc(OCCSCCOC(c2ccc(Br)cc2)c2ccc(Br)cc2)cc1)C(F)(F)F. The summed E-state index contributed by atoms with van der Waals surface area (Å²) in [5.74, 6) is 0.512. The highest BCUT2D eigenvalue weighted by Gasteiger charge is 2.37. The Morgan fingerprint density at radius 3 is 1.86 bits per heavy atom. The number of carbonyl (C=O) groups excluding carboxylic acids is 1. The average Bonchev–Trinajstić information content (AvgIpc) is 2.86. The van der Waals surface area contributed by atoms with Crippen molar-refractivity contribution in [3.05, 3.63) is 98.4 Å². The largest absolute Gasteiger partial charge is 0.493 e. The van der Waals surface area contributed by atoms with Crippen molar-refractivity contribution in [2.24, 2.45) is 0 Å². The Hall–Kier alpha value is -1.81. The molecule has 0 aliphatic rings. The Labute approximate surface area is 230 Å². The van der Waals surface area contributed by atoms with E-state index in [1.165, 1.54) is 0 Å². The number of rotatable bonds is 13. The van der Waals surface area contributed by atoms with Gasteiger partial charge in [0.15, 0.2) is 0 Å². The molecule has 9 heteroatoms. The minimum atomic E-state index is -4.77. The molecule has 3 rings (SSSR count). The number of ether oxygens (including phenoxy) is 2. The van der Waals surface area contributed by atoms with Gasteiger partial charge in [-0.3, -0.25) is 4.79 Å². The number of thioether (sulfide) groups is 1. The number of alkyl halides is 3. The molecule has 0 spiro atoms. The van der Waals surface area contributed by atoms with Crippen molar-refractivity contribution >= 4 is 49.4 Å². The first-order valence-electron chi connectivity index (χ1n) is 11.2. The average molecular weight is 646 g/mol. The first-order chi connectivity index (χ1) is 17.2. The maximum absolute atomic E-state index is 12.3. The quantitative estimate of drug-likeness (QED) is 0.176. The third-order valence-electron chi connectivity index (χ3n) is 5.23. The molecule has 0 radical (unpaired) electrons. The van der Waals surface area contributed by atoms with E-state index in [4.69, 9.17) is 9.47 Å². The summed E-state index contributed by atoms with van der Waals surface area (Å²) in [4.78, 5) is 11.0. The standard InChI is InChI=1S/C27H25Br2F3O3S/c28-22-8-4-20(5-9-22)26(21-6-10-23(29)11-7-21)35-16-18-36-17-15-34-24-12-1-19(2-13-24)3-14-25(33)27(30,31)32/h1-2,4-13,26H,3,14-18H2. The van der Waals surface area contributed by atoms with E-state index in [2.05, 4.69) is 56.1 Å². The number of ketones is 1. The highest BCUT2D eigenvalue weighted by molar-refractivity contribution is 9.10. The van der Waals surface area contributed by atoms with E-state index in [-0.39, 0.29) is 12.5 Å². The van der Waals surface area contributed by atoms with Gasteiger partial charge in [-0.25, -0.2) is 0 Å². The molecule has 0 atom stereocenters. The van der Waals surface area contributed by atoms with E-state index in [0.717, 1.165) is 31.6 Å². The van der Waals surface area contributed by atoms with Crippen LogP contribution < -0.4 is 4.74 Å². The molecule has 0 amide bonds. The Bertz CT molecular complexity index is 1040. The highest BCUT2D eigenvalue weighted by Crippen LogP contribution is 2.28. The summed E-state index contributed by atoms with van der Waals surface area (Å²) in [6.45, 7) is 1.08. The lowest BCUT2D eigenvalue weighted by Crippen LogP contribution is -2.22. The zero-order chi connectivity index (χ0) is 26.0. The summed E-state index contributed by atoms with van der Waals surface area (Å²) >= 11 is 8.67. The minimum Gasteiger partial charge on any atom is -0.493 e. The lowest BCUT2D eigenvalue weighted by Gasteiger charge is -2.19. The fourth-order valence-electron chi connectivity index (χ4n) is 3.36. The monoisotopic (exact) mass is 644 g/mol. The Kier molecular flexibility index (Phi) is 11.4. The molecule has 3 aromatic rings. The van der Waals surface area contributed by atoms with Gasteiger partial charge in [-0.1, -0.05) is 68.3 Å². The van der Waals surface area contributed by atoms with E-state index in [0.29, 0.717) is 24.5 Å². The molecular formula is C27H25Br2F3O3S. The Morgan fingerprint density at radius 2 is 1.33 bits per heavy atom. The second kappa shape index (κ2) is 14.2. The van der Waals surface area contributed by atoms with Crippen molar-refractivity contribution in [1.82, 2.24) is 0 Å². The Balaban J connectivity index is 1.38. The number of carbonyl (C=O) groups is 1. The summed E-state index contributed by atoms with van der Waals surface area (Å²) < 4.78 is 50.9. The van der Waals surface area contributed by atoms with Crippen molar-refractivity contribution in [2.45, 2.75) is 25.1 Å². The predicted octanol–water partition coefficient (Wildman–Crippen LogP) is 8.19. The van der Waals surface area contributed by atoms with E-state index >= 15 is 0 Å². The number of benzene rings is 3. The fraction of sp³-hybridized carbons (Fsp3) is 0.296. The van der Waals surface area contributed by atoms with Gasteiger partial charge in [0.25, 0.3) is 0 Å². The topological polar surface area (TPSA) is 35.5 Å². The predicted molar refractivity (Wildman–Crippen MR) is 145 cm³/mol. The van der Waals surface area contributed by atoms with Crippen LogP contribution in [0.2, 0.25) is 0 Å². The van der Waals surface area contributed by atoms with Crippen LogP contribution in [-0.4, -0.2) is 36.7 Å². The molecule has 0 aliphatic heterocycles. The molecule has 36 heavy (non-hydrogen) atoms. The number of halogens is 5. The fourth-order valence-corrected chi connectivity index (χ4v) is 4.51. The number of hydrogen-bond acceptors (Lipinski definition) is 4. The maximum Gasteiger partial charge on any atom is 0.449 e. The van der Waals surface area contributed by atoms with Gasteiger partial charge in [0.05, 0.1) is 13.2 Å². The molecule has 0 fully saturated rings. The molecule has 0 aliphatic carbocycles. The van der Waals surface area contributed by atoms with Crippen LogP contribution in [0, 0.1) is 0 Å². The van der Waals surface area contributed by atoms with Crippen molar-refractivity contribution in [2.75, 3.05) is 24.7 Å². The van der Waals surface area contributed by atoms with Gasteiger partial charge in [-0.2, -0.15) is 24.9 Å². The third kappa shape index (κ3) is 9.57. The molecule has 3 aromatic carbocycles. The Morgan fingerprint density at radius 1 is 0.806 bits per heavy atom. The molecule has 0 heterocycles. The molecule has 0 aromatic heterocycles. The van der Waals surface area contributed by atoms with Crippen molar-refractivity contribution in [3.8, 4) is 5.75 Å². The van der Waals surface area contributed by atoms with Gasteiger partial charge in [0.2, 0.25) is 5.78 Å². The van der Waals surface area contributed by atoms with E-state index < -0.39 is 18.4 Å². The first kappa shape index (κ1) is 28.8. The zero-order valence-corrected chi connectivity index (χ0v) is 23.3. The maximum atomic E-state index is 12.3. The van der Waals surface area contributed by atoms with Gasteiger partial charge < -0.3 is 9.47 Å². The van der Waals surface area contributed by atoms with Crippen LogP contribution in [0.4, 0.5) is 13.2 Å². The van der Waals surface area contributed by atoms with Crippen LogP contribution in [-0.2, 0) is 16.0 Å². The van der Waals surface area contributed by atoms with Gasteiger partial charge in [-0.15, -0.1) is 0 Å². The minimum absolute atomic E-state index is 0.0516. The van der Waals surface area contributed by atoms with Crippen molar-refractivity contribution < 1.29 is 27.4 Å². The van der Waals surface area contributed by atoms with E-state index in [9.17, 15) is 18.0 Å². The lowest BCUT2D eigenvalue weighted by atomic mass is 10.0. The summed E-state index contributed by atoms with van der Waals surface area (Å²) in [5, 5.41) is 0. The summed E-state index contributed by atoms with van der Waals surface area (Å²) in [6.07, 6.45) is -5.43. The number of hydrogen-bond donors (Lipinski definition) is 0. The van der Waals surface area contributed by atoms with Gasteiger partial charge in [0.1, 0.15) is 11.9 Å².